The van der Waals surface area contributed by atoms with Crippen LogP contribution >= 0.6 is 21.6 Å². The standard InChI is InChI=1S/C18H36N6O6S2/c19-7-3-1-5-11(21)15(25)24(16(26)12(22)6-2-4-8-20)14(18(29)30)10-32-31-9-13(23)17(27)28/h11-14H,1-10,19-23H2,(H,27,28)(H,29,30)/t11-,12-,13-,14-/m0/s1. The van der Waals surface area contributed by atoms with Gasteiger partial charge in [0.25, 0.3) is 0 Å². The Morgan fingerprint density at radius 1 is 0.688 bits per heavy atom. The largest absolute Gasteiger partial charge is 0.480 e. The van der Waals surface area contributed by atoms with E-state index < -0.39 is 47.9 Å². The molecule has 32 heavy (non-hydrogen) atoms. The summed E-state index contributed by atoms with van der Waals surface area (Å²) in [6.45, 7) is 0.833. The predicted molar refractivity (Wildman–Crippen MR) is 126 cm³/mol. The minimum absolute atomic E-state index is 0.0193. The van der Waals surface area contributed by atoms with Crippen molar-refractivity contribution >= 4 is 45.3 Å². The number of imide groups is 1. The summed E-state index contributed by atoms with van der Waals surface area (Å²) < 4.78 is 0. The molecule has 0 aromatic heterocycles. The molecule has 0 aromatic carbocycles. The number of carbonyl (C=O) groups excluding carboxylic acids is 2. The van der Waals surface area contributed by atoms with E-state index in [4.69, 9.17) is 33.8 Å². The highest BCUT2D eigenvalue weighted by atomic mass is 33.1. The molecule has 0 saturated heterocycles. The number of amides is 2. The third-order valence-corrected chi connectivity index (χ3v) is 6.95. The van der Waals surface area contributed by atoms with E-state index in [1.165, 1.54) is 0 Å². The number of nitrogens with zero attached hydrogens (tertiary/aromatic N) is 1. The highest BCUT2D eigenvalue weighted by Crippen LogP contribution is 2.25. The summed E-state index contributed by atoms with van der Waals surface area (Å²) in [6, 6.07) is -4.81. The Morgan fingerprint density at radius 2 is 1.12 bits per heavy atom. The molecule has 0 radical (unpaired) electrons. The van der Waals surface area contributed by atoms with Gasteiger partial charge in [-0.3, -0.25) is 19.3 Å². The van der Waals surface area contributed by atoms with Crippen molar-refractivity contribution in [3.63, 3.8) is 0 Å². The molecule has 14 heteroatoms. The monoisotopic (exact) mass is 496 g/mol. The van der Waals surface area contributed by atoms with Crippen molar-refractivity contribution in [3.05, 3.63) is 0 Å². The Kier molecular flexibility index (Phi) is 16.3. The molecule has 0 aliphatic heterocycles. The molecule has 4 atom stereocenters. The first kappa shape index (κ1) is 30.6. The number of rotatable bonds is 18. The molecule has 0 saturated carbocycles. The smallest absolute Gasteiger partial charge is 0.327 e. The van der Waals surface area contributed by atoms with E-state index in [0.717, 1.165) is 21.6 Å². The van der Waals surface area contributed by atoms with Crippen LogP contribution in [0, 0.1) is 0 Å². The van der Waals surface area contributed by atoms with Crippen molar-refractivity contribution in [1.29, 1.82) is 0 Å². The number of aliphatic carboxylic acids is 2. The first-order valence-corrected chi connectivity index (χ1v) is 12.8. The fraction of sp³-hybridized carbons (Fsp3) is 0.778. The third kappa shape index (κ3) is 11.4. The van der Waals surface area contributed by atoms with Gasteiger partial charge in [-0.15, -0.1) is 0 Å². The second-order valence-electron chi connectivity index (χ2n) is 7.20. The van der Waals surface area contributed by atoms with Crippen molar-refractivity contribution in [2.45, 2.75) is 62.7 Å². The molecular formula is C18H36N6O6S2. The van der Waals surface area contributed by atoms with Crippen LogP contribution in [0.3, 0.4) is 0 Å². The van der Waals surface area contributed by atoms with Gasteiger partial charge in [-0.25, -0.2) is 4.79 Å². The molecule has 0 bridgehead atoms. The van der Waals surface area contributed by atoms with Gasteiger partial charge in [0, 0.05) is 11.5 Å². The average Bonchev–Trinajstić information content (AvgIpc) is 2.74. The maximum Gasteiger partial charge on any atom is 0.327 e. The summed E-state index contributed by atoms with van der Waals surface area (Å²) in [6.07, 6.45) is 2.83. The van der Waals surface area contributed by atoms with Crippen LogP contribution in [-0.4, -0.2) is 87.6 Å². The molecular weight excluding hydrogens is 460 g/mol. The fourth-order valence-electron chi connectivity index (χ4n) is 2.60. The highest BCUT2D eigenvalue weighted by Gasteiger charge is 2.39. The Labute approximate surface area is 195 Å². The Balaban J connectivity index is 5.46. The second kappa shape index (κ2) is 17.1. The predicted octanol–water partition coefficient (Wildman–Crippen LogP) is -1.50. The molecule has 0 heterocycles. The summed E-state index contributed by atoms with van der Waals surface area (Å²) in [4.78, 5) is 49.4. The molecule has 186 valence electrons. The van der Waals surface area contributed by atoms with Gasteiger partial charge in [0.2, 0.25) is 11.8 Å². The van der Waals surface area contributed by atoms with Gasteiger partial charge in [-0.1, -0.05) is 34.4 Å². The Morgan fingerprint density at radius 3 is 1.50 bits per heavy atom. The van der Waals surface area contributed by atoms with Crippen LogP contribution in [-0.2, 0) is 19.2 Å². The van der Waals surface area contributed by atoms with Crippen molar-refractivity contribution in [3.8, 4) is 0 Å². The maximum absolute atomic E-state index is 13.0. The number of hydrogen-bond donors (Lipinski definition) is 7. The van der Waals surface area contributed by atoms with Gasteiger partial charge >= 0.3 is 11.9 Å². The molecule has 12 nitrogen and oxygen atoms in total. The van der Waals surface area contributed by atoms with Crippen molar-refractivity contribution in [2.75, 3.05) is 24.6 Å². The van der Waals surface area contributed by atoms with Gasteiger partial charge in [0.1, 0.15) is 12.1 Å². The lowest BCUT2D eigenvalue weighted by Crippen LogP contribution is -2.59. The van der Waals surface area contributed by atoms with E-state index in [1.807, 2.05) is 0 Å². The van der Waals surface area contributed by atoms with Crippen LogP contribution in [0.2, 0.25) is 0 Å². The minimum Gasteiger partial charge on any atom is -0.480 e. The molecule has 2 amide bonds. The lowest BCUT2D eigenvalue weighted by Gasteiger charge is -2.31. The number of carboxylic acids is 2. The lowest BCUT2D eigenvalue weighted by molar-refractivity contribution is -0.158. The number of unbranched alkanes of at least 4 members (excludes halogenated alkanes) is 2. The zero-order valence-electron chi connectivity index (χ0n) is 18.1. The maximum atomic E-state index is 13.0. The number of carbonyl (C=O) groups is 4. The SMILES string of the molecule is NCCCC[C@H](N)C(=O)N(C(=O)[C@@H](N)CCCCN)[C@@H](CSSC[C@H](N)C(=O)O)C(=O)O. The first-order chi connectivity index (χ1) is 15.1. The first-order valence-electron chi connectivity index (χ1n) is 10.3. The quantitative estimate of drug-likeness (QED) is 0.0844. The van der Waals surface area contributed by atoms with Crippen LogP contribution < -0.4 is 28.7 Å². The Hall–Kier alpha value is -1.42. The fourth-order valence-corrected chi connectivity index (χ4v) is 4.90. The van der Waals surface area contributed by atoms with Crippen molar-refractivity contribution in [1.82, 2.24) is 4.90 Å². The van der Waals surface area contributed by atoms with Crippen LogP contribution in [0.25, 0.3) is 0 Å². The molecule has 0 aliphatic rings. The number of carboxylic acid groups (broad SMARTS) is 2. The van der Waals surface area contributed by atoms with Gasteiger partial charge in [0.15, 0.2) is 0 Å². The molecule has 0 rings (SSSR count). The van der Waals surface area contributed by atoms with E-state index >= 15 is 0 Å². The van der Waals surface area contributed by atoms with E-state index in [-0.39, 0.29) is 24.3 Å². The molecule has 0 aliphatic carbocycles. The molecule has 12 N–H and O–H groups in total. The number of nitrogens with two attached hydrogens (primary N) is 5. The highest BCUT2D eigenvalue weighted by molar-refractivity contribution is 8.76. The summed E-state index contributed by atoms with van der Waals surface area (Å²) in [5, 5.41) is 18.6. The molecule has 0 fully saturated rings. The number of hydrogen-bond acceptors (Lipinski definition) is 11. The molecule has 0 aromatic rings. The topological polar surface area (TPSA) is 242 Å². The van der Waals surface area contributed by atoms with Gasteiger partial charge in [-0.2, -0.15) is 0 Å². The normalized spacial score (nSPS) is 14.9. The summed E-state index contributed by atoms with van der Waals surface area (Å²) in [5.41, 5.74) is 28.2. The van der Waals surface area contributed by atoms with Crippen LogP contribution in [0.5, 0.6) is 0 Å². The van der Waals surface area contributed by atoms with E-state index in [2.05, 4.69) is 0 Å². The summed E-state index contributed by atoms with van der Waals surface area (Å²) >= 11 is 0. The molecule has 0 unspecified atom stereocenters. The van der Waals surface area contributed by atoms with Gasteiger partial charge in [-0.05, 0) is 38.8 Å². The summed E-state index contributed by atoms with van der Waals surface area (Å²) in [5.74, 6) is -4.39. The van der Waals surface area contributed by atoms with Crippen LogP contribution in [0.1, 0.15) is 38.5 Å². The van der Waals surface area contributed by atoms with Crippen LogP contribution in [0.4, 0.5) is 0 Å². The van der Waals surface area contributed by atoms with E-state index in [9.17, 15) is 24.3 Å². The van der Waals surface area contributed by atoms with Crippen molar-refractivity contribution < 1.29 is 29.4 Å². The van der Waals surface area contributed by atoms with Crippen LogP contribution in [0.15, 0.2) is 0 Å². The molecule has 0 spiro atoms. The minimum atomic E-state index is -1.52. The van der Waals surface area contributed by atoms with E-state index in [0.29, 0.717) is 43.7 Å². The lowest BCUT2D eigenvalue weighted by atomic mass is 10.0. The second-order valence-corrected chi connectivity index (χ2v) is 9.75. The zero-order valence-corrected chi connectivity index (χ0v) is 19.7. The van der Waals surface area contributed by atoms with Gasteiger partial charge < -0.3 is 38.9 Å². The van der Waals surface area contributed by atoms with Crippen molar-refractivity contribution in [2.24, 2.45) is 28.7 Å². The summed E-state index contributed by atoms with van der Waals surface area (Å²) in [7, 11) is 2.03. The average molecular weight is 497 g/mol. The van der Waals surface area contributed by atoms with E-state index in [1.54, 1.807) is 0 Å². The van der Waals surface area contributed by atoms with Gasteiger partial charge in [0.05, 0.1) is 12.1 Å². The zero-order chi connectivity index (χ0) is 24.7. The third-order valence-electron chi connectivity index (χ3n) is 4.52. The Bertz CT molecular complexity index is 587.